The van der Waals surface area contributed by atoms with Crippen molar-refractivity contribution in [3.8, 4) is 11.5 Å². The summed E-state index contributed by atoms with van der Waals surface area (Å²) in [6.07, 6.45) is 4.35. The molecule has 1 saturated carbocycles. The van der Waals surface area contributed by atoms with Crippen LogP contribution >= 0.6 is 0 Å². The third kappa shape index (κ3) is 6.23. The smallest absolute Gasteiger partial charge is 0.279 e. The topological polar surface area (TPSA) is 106 Å². The van der Waals surface area contributed by atoms with Crippen molar-refractivity contribution < 1.29 is 23.9 Å². The number of methoxy groups -OCH3 is 1. The Balaban J connectivity index is 1.47. The normalized spacial score (nSPS) is 14.7. The van der Waals surface area contributed by atoms with Gasteiger partial charge in [0.1, 0.15) is 0 Å². The van der Waals surface area contributed by atoms with E-state index in [2.05, 4.69) is 16.2 Å². The second kappa shape index (κ2) is 11.2. The highest BCUT2D eigenvalue weighted by molar-refractivity contribution is 5.97. The van der Waals surface area contributed by atoms with Crippen LogP contribution in [0.5, 0.6) is 11.5 Å². The summed E-state index contributed by atoms with van der Waals surface area (Å²) < 4.78 is 10.8. The van der Waals surface area contributed by atoms with Crippen molar-refractivity contribution in [2.45, 2.75) is 45.1 Å². The van der Waals surface area contributed by atoms with E-state index in [4.69, 9.17) is 9.47 Å². The van der Waals surface area contributed by atoms with Crippen molar-refractivity contribution in [1.29, 1.82) is 0 Å². The molecule has 3 amide bonds. The number of anilines is 1. The highest BCUT2D eigenvalue weighted by atomic mass is 16.5. The number of hydrogen-bond acceptors (Lipinski definition) is 5. The van der Waals surface area contributed by atoms with Crippen LogP contribution in [0.3, 0.4) is 0 Å². The summed E-state index contributed by atoms with van der Waals surface area (Å²) in [5.41, 5.74) is 5.71. The molecule has 8 heteroatoms. The third-order valence-electron chi connectivity index (χ3n) is 5.43. The zero-order valence-electron chi connectivity index (χ0n) is 18.4. The average molecular weight is 440 g/mol. The molecule has 2 aromatic carbocycles. The number of hydrazine groups is 1. The summed E-state index contributed by atoms with van der Waals surface area (Å²) >= 11 is 0. The van der Waals surface area contributed by atoms with Crippen molar-refractivity contribution in [3.05, 3.63) is 54.1 Å². The number of amides is 3. The highest BCUT2D eigenvalue weighted by Gasteiger charge is 2.21. The molecule has 0 aliphatic heterocycles. The first-order valence-electron chi connectivity index (χ1n) is 10.8. The lowest BCUT2D eigenvalue weighted by Crippen LogP contribution is -2.47. The number of hydrogen-bond donors (Lipinski definition) is 3. The first-order chi connectivity index (χ1) is 15.5. The number of carbonyl (C=O) groups excluding carboxylic acids is 3. The SMILES string of the molecule is COc1ccccc1OC(C)C(=O)NNC(=O)c1ccc(NC(=O)C2CCCCC2)cc1. The Kier molecular flexibility index (Phi) is 8.08. The summed E-state index contributed by atoms with van der Waals surface area (Å²) in [6.45, 7) is 1.57. The van der Waals surface area contributed by atoms with Crippen LogP contribution in [0.25, 0.3) is 0 Å². The third-order valence-corrected chi connectivity index (χ3v) is 5.43. The molecule has 3 rings (SSSR count). The van der Waals surface area contributed by atoms with Gasteiger partial charge in [0.05, 0.1) is 7.11 Å². The Morgan fingerprint density at radius 1 is 0.906 bits per heavy atom. The van der Waals surface area contributed by atoms with Gasteiger partial charge in [-0.3, -0.25) is 25.2 Å². The molecule has 1 fully saturated rings. The molecule has 32 heavy (non-hydrogen) atoms. The zero-order chi connectivity index (χ0) is 22.9. The molecular weight excluding hydrogens is 410 g/mol. The molecule has 1 unspecified atom stereocenters. The van der Waals surface area contributed by atoms with Gasteiger partial charge in [-0.2, -0.15) is 0 Å². The molecule has 0 spiro atoms. The van der Waals surface area contributed by atoms with Crippen molar-refractivity contribution in [1.82, 2.24) is 10.9 Å². The Morgan fingerprint density at radius 3 is 2.22 bits per heavy atom. The summed E-state index contributed by atoms with van der Waals surface area (Å²) in [7, 11) is 1.51. The summed E-state index contributed by atoms with van der Waals surface area (Å²) in [6, 6.07) is 13.5. The van der Waals surface area contributed by atoms with Gasteiger partial charge in [-0.1, -0.05) is 31.4 Å². The van der Waals surface area contributed by atoms with Gasteiger partial charge in [0, 0.05) is 17.2 Å². The number of carbonyl (C=O) groups is 3. The van der Waals surface area contributed by atoms with Crippen LogP contribution in [0.2, 0.25) is 0 Å². The van der Waals surface area contributed by atoms with E-state index in [1.807, 2.05) is 0 Å². The maximum absolute atomic E-state index is 12.3. The van der Waals surface area contributed by atoms with Crippen molar-refractivity contribution in [3.63, 3.8) is 0 Å². The number of nitrogens with one attached hydrogen (secondary N) is 3. The van der Waals surface area contributed by atoms with Crippen molar-refractivity contribution in [2.24, 2.45) is 5.92 Å². The monoisotopic (exact) mass is 439 g/mol. The van der Waals surface area contributed by atoms with E-state index in [1.54, 1.807) is 55.5 Å². The number of benzene rings is 2. The molecule has 0 saturated heterocycles. The maximum atomic E-state index is 12.3. The largest absolute Gasteiger partial charge is 0.493 e. The Hall–Kier alpha value is -3.55. The van der Waals surface area contributed by atoms with E-state index in [0.29, 0.717) is 22.7 Å². The lowest BCUT2D eigenvalue weighted by molar-refractivity contribution is -0.128. The number of para-hydroxylation sites is 2. The lowest BCUT2D eigenvalue weighted by atomic mass is 9.88. The van der Waals surface area contributed by atoms with E-state index < -0.39 is 17.9 Å². The fourth-order valence-electron chi connectivity index (χ4n) is 3.57. The van der Waals surface area contributed by atoms with E-state index in [1.165, 1.54) is 13.5 Å². The van der Waals surface area contributed by atoms with Crippen LogP contribution in [0.1, 0.15) is 49.4 Å². The van der Waals surface area contributed by atoms with E-state index >= 15 is 0 Å². The Morgan fingerprint density at radius 2 is 1.56 bits per heavy atom. The predicted molar refractivity (Wildman–Crippen MR) is 120 cm³/mol. The first kappa shape index (κ1) is 23.1. The van der Waals surface area contributed by atoms with Gasteiger partial charge in [-0.25, -0.2) is 0 Å². The molecule has 0 bridgehead atoms. The molecule has 8 nitrogen and oxygen atoms in total. The second-order valence-electron chi connectivity index (χ2n) is 7.76. The average Bonchev–Trinajstić information content (AvgIpc) is 2.83. The molecule has 1 atom stereocenters. The molecule has 1 aliphatic rings. The van der Waals surface area contributed by atoms with Gasteiger partial charge in [-0.05, 0) is 56.2 Å². The van der Waals surface area contributed by atoms with Crippen LogP contribution in [-0.2, 0) is 9.59 Å². The molecule has 170 valence electrons. The minimum Gasteiger partial charge on any atom is -0.493 e. The lowest BCUT2D eigenvalue weighted by Gasteiger charge is -2.20. The van der Waals surface area contributed by atoms with Gasteiger partial charge < -0.3 is 14.8 Å². The van der Waals surface area contributed by atoms with Gasteiger partial charge in [0.25, 0.3) is 11.8 Å². The molecule has 2 aromatic rings. The second-order valence-corrected chi connectivity index (χ2v) is 7.76. The fourth-order valence-corrected chi connectivity index (χ4v) is 3.57. The minimum atomic E-state index is -0.857. The van der Waals surface area contributed by atoms with Crippen LogP contribution in [0, 0.1) is 5.92 Å². The number of ether oxygens (including phenoxy) is 2. The Bertz CT molecular complexity index is 939. The molecule has 3 N–H and O–H groups in total. The summed E-state index contributed by atoms with van der Waals surface area (Å²) in [5, 5.41) is 2.91. The minimum absolute atomic E-state index is 0.0261. The van der Waals surface area contributed by atoms with Crippen molar-refractivity contribution >= 4 is 23.4 Å². The number of rotatable bonds is 7. The van der Waals surface area contributed by atoms with Gasteiger partial charge in [-0.15, -0.1) is 0 Å². The van der Waals surface area contributed by atoms with E-state index in [9.17, 15) is 14.4 Å². The summed E-state index contributed by atoms with van der Waals surface area (Å²) in [4.78, 5) is 36.9. The van der Waals surface area contributed by atoms with E-state index in [0.717, 1.165) is 25.7 Å². The zero-order valence-corrected chi connectivity index (χ0v) is 18.4. The molecule has 0 radical (unpaired) electrons. The quantitative estimate of drug-likeness (QED) is 0.573. The van der Waals surface area contributed by atoms with E-state index in [-0.39, 0.29) is 11.8 Å². The highest BCUT2D eigenvalue weighted by Crippen LogP contribution is 2.27. The first-order valence-corrected chi connectivity index (χ1v) is 10.8. The summed E-state index contributed by atoms with van der Waals surface area (Å²) in [5.74, 6) is 0.0236. The molecule has 1 aliphatic carbocycles. The van der Waals surface area contributed by atoms with Crippen LogP contribution in [-0.4, -0.2) is 30.9 Å². The maximum Gasteiger partial charge on any atom is 0.279 e. The molecular formula is C24H29N3O5. The molecule has 0 aromatic heterocycles. The van der Waals surface area contributed by atoms with Gasteiger partial charge >= 0.3 is 0 Å². The van der Waals surface area contributed by atoms with Gasteiger partial charge in [0.15, 0.2) is 17.6 Å². The molecule has 0 heterocycles. The van der Waals surface area contributed by atoms with Crippen molar-refractivity contribution in [2.75, 3.05) is 12.4 Å². The standard InChI is InChI=1S/C24H29N3O5/c1-16(32-21-11-7-6-10-20(21)31-2)22(28)26-27-24(30)18-12-14-19(15-13-18)25-23(29)17-8-4-3-5-9-17/h6-7,10-17H,3-5,8-9H2,1-2H3,(H,25,29)(H,26,28)(H,27,30). The fraction of sp³-hybridized carbons (Fsp3) is 0.375. The Labute approximate surface area is 187 Å². The van der Waals surface area contributed by atoms with Crippen LogP contribution in [0.4, 0.5) is 5.69 Å². The van der Waals surface area contributed by atoms with Crippen LogP contribution < -0.4 is 25.6 Å². The van der Waals surface area contributed by atoms with Gasteiger partial charge in [0.2, 0.25) is 5.91 Å². The predicted octanol–water partition coefficient (Wildman–Crippen LogP) is 3.44. The van der Waals surface area contributed by atoms with Crippen LogP contribution in [0.15, 0.2) is 48.5 Å².